The quantitative estimate of drug-likeness (QED) is 0.884. The van der Waals surface area contributed by atoms with E-state index in [-0.39, 0.29) is 10.5 Å². The van der Waals surface area contributed by atoms with Crippen molar-refractivity contribution in [2.75, 3.05) is 12.9 Å². The number of carbonyl (C=O) groups is 1. The second-order valence-corrected chi connectivity index (χ2v) is 6.42. The third-order valence-electron chi connectivity index (χ3n) is 2.17. The summed E-state index contributed by atoms with van der Waals surface area (Å²) in [5.74, 6) is -0.620. The smallest absolute Gasteiger partial charge is 0.337 e. The van der Waals surface area contributed by atoms with Crippen molar-refractivity contribution < 1.29 is 23.1 Å². The summed E-state index contributed by atoms with van der Waals surface area (Å²) in [5, 5.41) is 8.93. The number of hydrogen-bond donors (Lipinski definition) is 1. The molecule has 5 nitrogen and oxygen atoms in total. The van der Waals surface area contributed by atoms with Gasteiger partial charge in [-0.2, -0.15) is 0 Å². The Labute approximate surface area is 106 Å². The molecule has 0 spiro atoms. The van der Waals surface area contributed by atoms with Crippen LogP contribution < -0.4 is 4.74 Å². The molecule has 0 aliphatic heterocycles. The van der Waals surface area contributed by atoms with Crippen LogP contribution in [-0.2, 0) is 9.84 Å². The Kier molecular flexibility index (Phi) is 4.34. The fraction of sp³-hybridized carbons (Fsp3) is 0.417. The van der Waals surface area contributed by atoms with Crippen LogP contribution in [0.15, 0.2) is 23.1 Å². The number of sulfone groups is 1. The maximum Gasteiger partial charge on any atom is 0.337 e. The van der Waals surface area contributed by atoms with Crippen LogP contribution in [-0.4, -0.2) is 32.4 Å². The van der Waals surface area contributed by atoms with E-state index in [0.717, 1.165) is 6.26 Å². The minimum absolute atomic E-state index is 0.226. The molecular formula is C12H16O5S. The fourth-order valence-corrected chi connectivity index (χ4v) is 2.22. The highest BCUT2D eigenvalue weighted by molar-refractivity contribution is 7.90. The van der Waals surface area contributed by atoms with Gasteiger partial charge in [0, 0.05) is 6.26 Å². The van der Waals surface area contributed by atoms with Crippen molar-refractivity contribution in [3.05, 3.63) is 23.8 Å². The molecule has 1 aromatic rings. The maximum absolute atomic E-state index is 11.5. The first-order valence-electron chi connectivity index (χ1n) is 5.42. The Morgan fingerprint density at radius 1 is 1.39 bits per heavy atom. The second-order valence-electron chi connectivity index (χ2n) is 4.44. The summed E-state index contributed by atoms with van der Waals surface area (Å²) in [6.45, 7) is 4.36. The van der Waals surface area contributed by atoms with E-state index < -0.39 is 15.8 Å². The molecule has 1 aromatic carbocycles. The molecule has 6 heteroatoms. The number of carboxylic acids is 1. The van der Waals surface area contributed by atoms with Crippen molar-refractivity contribution in [2.24, 2.45) is 5.92 Å². The van der Waals surface area contributed by atoms with Gasteiger partial charge < -0.3 is 9.84 Å². The number of hydrogen-bond acceptors (Lipinski definition) is 4. The van der Waals surface area contributed by atoms with Crippen LogP contribution in [0.25, 0.3) is 0 Å². The lowest BCUT2D eigenvalue weighted by Crippen LogP contribution is -2.09. The molecule has 1 rings (SSSR count). The topological polar surface area (TPSA) is 80.7 Å². The Morgan fingerprint density at radius 3 is 2.44 bits per heavy atom. The largest absolute Gasteiger partial charge is 0.493 e. The van der Waals surface area contributed by atoms with Crippen LogP contribution in [0.3, 0.4) is 0 Å². The molecule has 0 atom stereocenters. The predicted molar refractivity (Wildman–Crippen MR) is 66.8 cm³/mol. The summed E-state index contributed by atoms with van der Waals surface area (Å²) in [7, 11) is -3.60. The van der Waals surface area contributed by atoms with Crippen LogP contribution in [0, 0.1) is 5.92 Å². The van der Waals surface area contributed by atoms with E-state index in [4.69, 9.17) is 9.84 Å². The molecule has 0 aromatic heterocycles. The minimum atomic E-state index is -3.60. The molecule has 0 radical (unpaired) electrons. The molecule has 0 fully saturated rings. The molecule has 0 bridgehead atoms. The lowest BCUT2D eigenvalue weighted by Gasteiger charge is -2.11. The van der Waals surface area contributed by atoms with Gasteiger partial charge in [-0.05, 0) is 24.1 Å². The molecule has 18 heavy (non-hydrogen) atoms. The average molecular weight is 272 g/mol. The lowest BCUT2D eigenvalue weighted by molar-refractivity contribution is 0.0692. The van der Waals surface area contributed by atoms with Crippen molar-refractivity contribution in [2.45, 2.75) is 18.7 Å². The monoisotopic (exact) mass is 272 g/mol. The SMILES string of the molecule is CC(C)COc1ccc(C(=O)O)c(S(C)(=O)=O)c1. The summed E-state index contributed by atoms with van der Waals surface area (Å²) in [4.78, 5) is 10.7. The summed E-state index contributed by atoms with van der Waals surface area (Å²) >= 11 is 0. The number of carboxylic acid groups (broad SMARTS) is 1. The zero-order valence-electron chi connectivity index (χ0n) is 10.5. The number of aromatic carboxylic acids is 1. The first kappa shape index (κ1) is 14.5. The maximum atomic E-state index is 11.5. The van der Waals surface area contributed by atoms with E-state index >= 15 is 0 Å². The third-order valence-corrected chi connectivity index (χ3v) is 3.30. The first-order chi connectivity index (χ1) is 8.21. The van der Waals surface area contributed by atoms with E-state index in [2.05, 4.69) is 0 Å². The Hall–Kier alpha value is -1.56. The van der Waals surface area contributed by atoms with Crippen LogP contribution in [0.2, 0.25) is 0 Å². The van der Waals surface area contributed by atoms with E-state index in [1.165, 1.54) is 18.2 Å². The van der Waals surface area contributed by atoms with E-state index in [0.29, 0.717) is 18.3 Å². The molecule has 0 amide bonds. The van der Waals surface area contributed by atoms with Gasteiger partial charge in [0.25, 0.3) is 0 Å². The molecule has 0 saturated heterocycles. The van der Waals surface area contributed by atoms with Crippen molar-refractivity contribution in [1.29, 1.82) is 0 Å². The van der Waals surface area contributed by atoms with Gasteiger partial charge in [0.1, 0.15) is 5.75 Å². The van der Waals surface area contributed by atoms with Gasteiger partial charge in [-0.1, -0.05) is 13.8 Å². The van der Waals surface area contributed by atoms with Crippen molar-refractivity contribution in [3.8, 4) is 5.75 Å². The molecule has 0 saturated carbocycles. The van der Waals surface area contributed by atoms with Crippen LogP contribution in [0.5, 0.6) is 5.75 Å². The molecule has 0 unspecified atom stereocenters. The Bertz CT molecular complexity index is 546. The van der Waals surface area contributed by atoms with Crippen molar-refractivity contribution >= 4 is 15.8 Å². The van der Waals surface area contributed by atoms with Crippen molar-refractivity contribution in [1.82, 2.24) is 0 Å². The van der Waals surface area contributed by atoms with Crippen LogP contribution >= 0.6 is 0 Å². The van der Waals surface area contributed by atoms with E-state index in [1.807, 2.05) is 13.8 Å². The number of benzene rings is 1. The van der Waals surface area contributed by atoms with E-state index in [1.54, 1.807) is 0 Å². The molecule has 0 aliphatic carbocycles. The first-order valence-corrected chi connectivity index (χ1v) is 7.31. The summed E-state index contributed by atoms with van der Waals surface area (Å²) in [5.41, 5.74) is -0.241. The number of rotatable bonds is 5. The normalized spacial score (nSPS) is 11.6. The highest BCUT2D eigenvalue weighted by Gasteiger charge is 2.19. The van der Waals surface area contributed by atoms with Gasteiger partial charge in [-0.25, -0.2) is 13.2 Å². The Morgan fingerprint density at radius 2 is 2.00 bits per heavy atom. The lowest BCUT2D eigenvalue weighted by atomic mass is 10.2. The van der Waals surface area contributed by atoms with Gasteiger partial charge in [0.15, 0.2) is 9.84 Å². The third kappa shape index (κ3) is 3.73. The van der Waals surface area contributed by atoms with E-state index in [9.17, 15) is 13.2 Å². The molecule has 0 heterocycles. The second kappa shape index (κ2) is 5.39. The standard InChI is InChI=1S/C12H16O5S/c1-8(2)7-17-9-4-5-10(12(13)14)11(6-9)18(3,15)16/h4-6,8H,7H2,1-3H3,(H,13,14). The van der Waals surface area contributed by atoms with Crippen molar-refractivity contribution in [3.63, 3.8) is 0 Å². The summed E-state index contributed by atoms with van der Waals surface area (Å²) < 4.78 is 28.4. The molecule has 1 N–H and O–H groups in total. The van der Waals surface area contributed by atoms with Gasteiger partial charge >= 0.3 is 5.97 Å². The Balaban J connectivity index is 3.18. The summed E-state index contributed by atoms with van der Waals surface area (Å²) in [6.07, 6.45) is 0.973. The highest BCUT2D eigenvalue weighted by Crippen LogP contribution is 2.22. The molecule has 100 valence electrons. The van der Waals surface area contributed by atoms with Gasteiger partial charge in [-0.15, -0.1) is 0 Å². The predicted octanol–water partition coefficient (Wildman–Crippen LogP) is 1.82. The van der Waals surface area contributed by atoms with Gasteiger partial charge in [0.2, 0.25) is 0 Å². The van der Waals surface area contributed by atoms with Gasteiger partial charge in [-0.3, -0.25) is 0 Å². The summed E-state index contributed by atoms with van der Waals surface area (Å²) in [6, 6.07) is 3.95. The van der Waals surface area contributed by atoms with Crippen LogP contribution in [0.1, 0.15) is 24.2 Å². The van der Waals surface area contributed by atoms with Gasteiger partial charge in [0.05, 0.1) is 17.1 Å². The number of ether oxygens (including phenoxy) is 1. The minimum Gasteiger partial charge on any atom is -0.493 e. The average Bonchev–Trinajstić information content (AvgIpc) is 2.24. The highest BCUT2D eigenvalue weighted by atomic mass is 32.2. The zero-order valence-corrected chi connectivity index (χ0v) is 11.3. The zero-order chi connectivity index (χ0) is 13.9. The molecule has 0 aliphatic rings. The molecular weight excluding hydrogens is 256 g/mol. The fourth-order valence-electron chi connectivity index (χ4n) is 1.34. The van der Waals surface area contributed by atoms with Crippen LogP contribution in [0.4, 0.5) is 0 Å².